The molecule has 7 unspecified atom stereocenters. The maximum Gasteiger partial charge on any atom is 0.251 e. The summed E-state index contributed by atoms with van der Waals surface area (Å²) in [6.45, 7) is 5.28. The molecule has 3 saturated heterocycles. The van der Waals surface area contributed by atoms with Crippen molar-refractivity contribution >= 4 is 41.4 Å². The Morgan fingerprint density at radius 3 is 1.89 bits per heavy atom. The first kappa shape index (κ1) is 57.9. The second-order valence-electron chi connectivity index (χ2n) is 19.2. The van der Waals surface area contributed by atoms with E-state index in [1.54, 1.807) is 0 Å². The Balaban J connectivity index is 1.51. The van der Waals surface area contributed by atoms with Crippen LogP contribution in [0.4, 0.5) is 0 Å². The summed E-state index contributed by atoms with van der Waals surface area (Å²) < 4.78 is 5.81. The molecule has 15 atom stereocenters. The van der Waals surface area contributed by atoms with Gasteiger partial charge in [0.05, 0.1) is 31.0 Å². The van der Waals surface area contributed by atoms with Crippen molar-refractivity contribution in [2.45, 2.75) is 164 Å². The lowest BCUT2D eigenvalue weighted by atomic mass is 9.96. The number of carbonyl (C=O) groups is 7. The number of aromatic hydroxyl groups is 1. The van der Waals surface area contributed by atoms with E-state index < -0.39 is 152 Å². The molecule has 0 bridgehead atoms. The first-order chi connectivity index (χ1) is 34.5. The molecule has 0 radical (unpaired) electrons. The number of rotatable bonds is 15. The van der Waals surface area contributed by atoms with Crippen LogP contribution in [0.3, 0.4) is 0 Å². The van der Waals surface area contributed by atoms with E-state index in [1.165, 1.54) is 43.3 Å². The second kappa shape index (κ2) is 26.3. The van der Waals surface area contributed by atoms with Crippen LogP contribution < -0.4 is 31.3 Å². The number of benzene rings is 2. The van der Waals surface area contributed by atoms with Crippen molar-refractivity contribution in [3.8, 4) is 11.5 Å². The average Bonchev–Trinajstić information content (AvgIpc) is 3.90. The zero-order valence-corrected chi connectivity index (χ0v) is 41.2. The fourth-order valence-corrected chi connectivity index (χ4v) is 9.04. The predicted octanol–water partition coefficient (Wildman–Crippen LogP) is -3.09. The number of hydrogen-bond donors (Lipinski definition) is 14. The quantitative estimate of drug-likeness (QED) is 0.0786. The Labute approximate surface area is 422 Å². The average molecular weight is 1030 g/mol. The Morgan fingerprint density at radius 1 is 0.699 bits per heavy atom. The molecule has 2 aromatic carbocycles. The van der Waals surface area contributed by atoms with E-state index in [4.69, 9.17) is 4.74 Å². The maximum absolute atomic E-state index is 14.4. The molecule has 7 amide bonds. The highest BCUT2D eigenvalue weighted by Crippen LogP contribution is 2.28. The third-order valence-corrected chi connectivity index (χ3v) is 13.4. The molecule has 0 saturated carbocycles. The molecule has 5 rings (SSSR count). The minimum absolute atomic E-state index is 0.00468. The number of ether oxygens (including phenoxy) is 1. The van der Waals surface area contributed by atoms with Gasteiger partial charge < -0.3 is 87.1 Å². The zero-order chi connectivity index (χ0) is 53.8. The summed E-state index contributed by atoms with van der Waals surface area (Å²) in [5.41, 5.74) is -0.0659. The molecule has 0 aliphatic carbocycles. The smallest absolute Gasteiger partial charge is 0.251 e. The van der Waals surface area contributed by atoms with Gasteiger partial charge >= 0.3 is 0 Å². The first-order valence-corrected chi connectivity index (χ1v) is 24.6. The largest absolute Gasteiger partial charge is 0.508 e. The van der Waals surface area contributed by atoms with E-state index in [1.807, 2.05) is 0 Å². The van der Waals surface area contributed by atoms with Crippen LogP contribution in [-0.2, 0) is 28.8 Å². The molecule has 24 nitrogen and oxygen atoms in total. The molecular formula is C49H71N7O17. The van der Waals surface area contributed by atoms with Crippen molar-refractivity contribution in [3.63, 3.8) is 0 Å². The summed E-state index contributed by atoms with van der Waals surface area (Å²) in [5, 5.41) is 110. The van der Waals surface area contributed by atoms with Gasteiger partial charge in [-0.2, -0.15) is 0 Å². The summed E-state index contributed by atoms with van der Waals surface area (Å²) in [5.74, 6) is -8.94. The van der Waals surface area contributed by atoms with Crippen molar-refractivity contribution in [1.82, 2.24) is 36.4 Å². The van der Waals surface area contributed by atoms with Gasteiger partial charge in [-0.25, -0.2) is 0 Å². The third kappa shape index (κ3) is 14.8. The van der Waals surface area contributed by atoms with Crippen LogP contribution in [0.15, 0.2) is 48.5 Å². The SMILES string of the molecule is CCCCCCCCOc1ccc(C(=O)N[C@@H]2C[C@H](O)[C@H](O)NC(=O)C3[C@H](O)[C@H](C)CN3C(=O)C(C(C)O)NC(=O)C([C@H](O)[C@@H](O)c3ccc(O)cc3)NC(=O)C3C[C@H](O)CN3C(=O)C(C(C)O)NC2=O)cc1. The van der Waals surface area contributed by atoms with Gasteiger partial charge in [0.25, 0.3) is 5.91 Å². The highest BCUT2D eigenvalue weighted by atomic mass is 16.5. The van der Waals surface area contributed by atoms with Crippen molar-refractivity contribution in [2.24, 2.45) is 5.92 Å². The lowest BCUT2D eigenvalue weighted by molar-refractivity contribution is -0.148. The van der Waals surface area contributed by atoms with Crippen LogP contribution in [0.2, 0.25) is 0 Å². The fourth-order valence-electron chi connectivity index (χ4n) is 9.04. The summed E-state index contributed by atoms with van der Waals surface area (Å²) in [6, 6.07) is -1.02. The van der Waals surface area contributed by atoms with Crippen molar-refractivity contribution < 1.29 is 84.3 Å². The highest BCUT2D eigenvalue weighted by Gasteiger charge is 2.50. The van der Waals surface area contributed by atoms with E-state index in [-0.39, 0.29) is 23.4 Å². The van der Waals surface area contributed by atoms with Gasteiger partial charge in [0, 0.05) is 37.4 Å². The molecular weight excluding hydrogens is 959 g/mol. The molecule has 14 N–H and O–H groups in total. The standard InChI is InChI=1S/C49H71N7O17/c1-5-6-7-8-9-10-19-73-31-17-13-28(14-18-31)42(65)50-32-21-34(61)45(68)54-47(70)38-39(62)24(2)22-56(38)49(72)36(26(4)58)52-46(69)37(41(64)40(63)27-11-15-29(59)16-12-27)53-44(67)33-20-30(60)23-55(33)48(71)35(25(3)57)51-43(32)66/h11-18,24-26,30,32-41,45,57-64,68H,5-10,19-23H2,1-4H3,(H,50,65)(H,51,66)(H,52,69)(H,53,67)(H,54,70)/t24-,25?,26?,30+,32-,33?,34+,35?,36?,37?,38?,39-,40+,41+,45+/m1/s1. The Kier molecular flexibility index (Phi) is 20.9. The van der Waals surface area contributed by atoms with Gasteiger partial charge in [-0.15, -0.1) is 0 Å². The van der Waals surface area contributed by atoms with Gasteiger partial charge in [-0.05, 0) is 62.2 Å². The monoisotopic (exact) mass is 1030 g/mol. The van der Waals surface area contributed by atoms with Crippen LogP contribution in [0.1, 0.15) is 101 Å². The van der Waals surface area contributed by atoms with E-state index in [9.17, 15) is 79.5 Å². The van der Waals surface area contributed by atoms with Crippen LogP contribution in [0.5, 0.6) is 11.5 Å². The number of phenols is 1. The van der Waals surface area contributed by atoms with Gasteiger partial charge in [0.15, 0.2) is 6.23 Å². The molecule has 3 aliphatic heterocycles. The van der Waals surface area contributed by atoms with Crippen LogP contribution >= 0.6 is 0 Å². The van der Waals surface area contributed by atoms with Crippen LogP contribution in [-0.4, -0.2) is 196 Å². The summed E-state index contributed by atoms with van der Waals surface area (Å²) >= 11 is 0. The second-order valence-corrected chi connectivity index (χ2v) is 19.2. The molecule has 2 aromatic rings. The summed E-state index contributed by atoms with van der Waals surface area (Å²) in [6.07, 6.45) is -10.4. The number of unbranched alkanes of at least 4 members (excludes halogenated alkanes) is 5. The van der Waals surface area contributed by atoms with E-state index in [0.717, 1.165) is 74.3 Å². The third-order valence-electron chi connectivity index (χ3n) is 13.4. The lowest BCUT2D eigenvalue weighted by Gasteiger charge is -2.34. The molecule has 0 aromatic heterocycles. The highest BCUT2D eigenvalue weighted by molar-refractivity contribution is 6.00. The lowest BCUT2D eigenvalue weighted by Crippen LogP contribution is -2.64. The van der Waals surface area contributed by atoms with Crippen molar-refractivity contribution in [1.29, 1.82) is 0 Å². The number of carbonyl (C=O) groups excluding carboxylic acids is 7. The minimum Gasteiger partial charge on any atom is -0.508 e. The van der Waals surface area contributed by atoms with Gasteiger partial charge in [0.2, 0.25) is 35.4 Å². The number of hydrogen-bond acceptors (Lipinski definition) is 17. The van der Waals surface area contributed by atoms with Crippen molar-refractivity contribution in [3.05, 3.63) is 59.7 Å². The summed E-state index contributed by atoms with van der Waals surface area (Å²) in [4.78, 5) is 101. The number of phenolic OH excluding ortho intramolecular Hbond substituents is 1. The molecule has 73 heavy (non-hydrogen) atoms. The van der Waals surface area contributed by atoms with Gasteiger partial charge in [-0.3, -0.25) is 33.6 Å². The van der Waals surface area contributed by atoms with Gasteiger partial charge in [-0.1, -0.05) is 58.1 Å². The Hall–Kier alpha value is -5.99. The number of nitrogens with one attached hydrogen (secondary N) is 5. The van der Waals surface area contributed by atoms with E-state index in [0.29, 0.717) is 12.4 Å². The molecule has 3 fully saturated rings. The topological polar surface area (TPSA) is 377 Å². The number of aliphatic hydroxyl groups excluding tert-OH is 8. The number of aliphatic hydroxyl groups is 8. The van der Waals surface area contributed by atoms with Gasteiger partial charge in [0.1, 0.15) is 66.1 Å². The molecule has 3 aliphatic rings. The number of amides is 7. The normalized spacial score (nSPS) is 29.6. The number of nitrogens with zero attached hydrogens (tertiary/aromatic N) is 2. The van der Waals surface area contributed by atoms with Crippen LogP contribution in [0.25, 0.3) is 0 Å². The summed E-state index contributed by atoms with van der Waals surface area (Å²) in [7, 11) is 0. The molecule has 24 heteroatoms. The fraction of sp³-hybridized carbons (Fsp3) is 0.612. The zero-order valence-electron chi connectivity index (χ0n) is 41.2. The van der Waals surface area contributed by atoms with Crippen molar-refractivity contribution in [2.75, 3.05) is 19.7 Å². The van der Waals surface area contributed by atoms with E-state index in [2.05, 4.69) is 33.5 Å². The number of fused-ring (bicyclic) bond motifs is 2. The Bertz CT molecular complexity index is 2220. The molecule has 3 heterocycles. The molecule has 0 spiro atoms. The van der Waals surface area contributed by atoms with E-state index >= 15 is 0 Å². The maximum atomic E-state index is 14.4. The first-order valence-electron chi connectivity index (χ1n) is 24.6. The van der Waals surface area contributed by atoms with Crippen LogP contribution in [0, 0.1) is 5.92 Å². The Morgan fingerprint density at radius 2 is 1.27 bits per heavy atom. The predicted molar refractivity (Wildman–Crippen MR) is 256 cm³/mol. The minimum atomic E-state index is -2.28. The molecule has 404 valence electrons.